The van der Waals surface area contributed by atoms with E-state index in [1.54, 1.807) is 0 Å². The van der Waals surface area contributed by atoms with E-state index < -0.39 is 0 Å². The van der Waals surface area contributed by atoms with Gasteiger partial charge < -0.3 is 9.80 Å². The van der Waals surface area contributed by atoms with Crippen LogP contribution in [-0.2, 0) is 11.3 Å². The summed E-state index contributed by atoms with van der Waals surface area (Å²) < 4.78 is 13.1. The summed E-state index contributed by atoms with van der Waals surface area (Å²) in [7, 11) is 4.09. The fourth-order valence-corrected chi connectivity index (χ4v) is 3.86. The van der Waals surface area contributed by atoms with Crippen LogP contribution in [0.1, 0.15) is 24.8 Å². The summed E-state index contributed by atoms with van der Waals surface area (Å²) in [6.07, 6.45) is 2.64. The van der Waals surface area contributed by atoms with Crippen molar-refractivity contribution in [2.75, 3.05) is 33.7 Å². The van der Waals surface area contributed by atoms with E-state index in [1.165, 1.54) is 12.1 Å². The van der Waals surface area contributed by atoms with Gasteiger partial charge in [0.15, 0.2) is 0 Å². The molecular weight excluding hydrogens is 293 g/mol. The number of amides is 1. The van der Waals surface area contributed by atoms with Crippen molar-refractivity contribution >= 4 is 5.91 Å². The lowest BCUT2D eigenvalue weighted by molar-refractivity contribution is -0.137. The van der Waals surface area contributed by atoms with Crippen molar-refractivity contribution in [3.05, 3.63) is 35.6 Å². The number of carbonyl (C=O) groups is 1. The molecule has 0 spiro atoms. The van der Waals surface area contributed by atoms with Crippen molar-refractivity contribution in [3.8, 4) is 0 Å². The molecule has 0 N–H and O–H groups in total. The minimum atomic E-state index is -0.189. The molecule has 0 unspecified atom stereocenters. The van der Waals surface area contributed by atoms with Crippen molar-refractivity contribution in [3.63, 3.8) is 0 Å². The van der Waals surface area contributed by atoms with Crippen molar-refractivity contribution < 1.29 is 9.18 Å². The molecule has 2 atom stereocenters. The molecule has 5 heteroatoms. The number of hydrogen-bond acceptors (Lipinski definition) is 3. The van der Waals surface area contributed by atoms with E-state index in [2.05, 4.69) is 14.7 Å². The summed E-state index contributed by atoms with van der Waals surface area (Å²) in [5.74, 6) is 0.114. The van der Waals surface area contributed by atoms with Crippen LogP contribution in [0.25, 0.3) is 0 Å². The van der Waals surface area contributed by atoms with E-state index in [-0.39, 0.29) is 5.82 Å². The molecule has 0 bridgehead atoms. The Morgan fingerprint density at radius 3 is 2.61 bits per heavy atom. The minimum Gasteiger partial charge on any atom is -0.337 e. The van der Waals surface area contributed by atoms with Gasteiger partial charge in [0.1, 0.15) is 5.82 Å². The molecule has 4 nitrogen and oxygen atoms in total. The molecule has 2 aliphatic rings. The number of likely N-dealkylation sites (N-methyl/N-ethyl adjacent to an activating group) is 1. The highest BCUT2D eigenvalue weighted by Gasteiger charge is 2.42. The highest BCUT2D eigenvalue weighted by Crippen LogP contribution is 2.32. The molecule has 2 fully saturated rings. The van der Waals surface area contributed by atoms with Crippen LogP contribution < -0.4 is 0 Å². The predicted octanol–water partition coefficient (Wildman–Crippen LogP) is 1.95. The average Bonchev–Trinajstić information content (AvgIpc) is 2.91. The molecule has 0 aromatic heterocycles. The summed E-state index contributed by atoms with van der Waals surface area (Å²) >= 11 is 0. The fourth-order valence-electron chi connectivity index (χ4n) is 3.86. The molecule has 2 heterocycles. The highest BCUT2D eigenvalue weighted by molar-refractivity contribution is 5.77. The van der Waals surface area contributed by atoms with Crippen LogP contribution in [0.5, 0.6) is 0 Å². The smallest absolute Gasteiger partial charge is 0.222 e. The molecule has 1 aromatic rings. The summed E-state index contributed by atoms with van der Waals surface area (Å²) in [6.45, 7) is 3.58. The molecule has 0 radical (unpaired) electrons. The summed E-state index contributed by atoms with van der Waals surface area (Å²) in [4.78, 5) is 19.0. The van der Waals surface area contributed by atoms with Crippen molar-refractivity contribution in [1.29, 1.82) is 0 Å². The standard InChI is InChI=1S/C18H26FN3O/c1-20(2)11-12-22-17-9-10-21(16(17)7-8-18(22)23)13-14-3-5-15(19)6-4-14/h3-6,16-17H,7-13H2,1-2H3/t16-,17-/m1/s1. The van der Waals surface area contributed by atoms with E-state index in [4.69, 9.17) is 0 Å². The Hall–Kier alpha value is -1.46. The number of piperidine rings is 1. The summed E-state index contributed by atoms with van der Waals surface area (Å²) in [6, 6.07) is 7.56. The topological polar surface area (TPSA) is 26.8 Å². The molecule has 2 saturated heterocycles. The maximum Gasteiger partial charge on any atom is 0.222 e. The van der Waals surface area contributed by atoms with E-state index in [9.17, 15) is 9.18 Å². The number of carbonyl (C=O) groups excluding carboxylic acids is 1. The number of likely N-dealkylation sites (tertiary alicyclic amines) is 2. The molecule has 126 valence electrons. The normalized spacial score (nSPS) is 25.2. The first-order valence-corrected chi connectivity index (χ1v) is 8.47. The van der Waals surface area contributed by atoms with Crippen LogP contribution >= 0.6 is 0 Å². The third-order valence-electron chi connectivity index (χ3n) is 5.09. The molecule has 3 rings (SSSR count). The number of hydrogen-bond donors (Lipinski definition) is 0. The Kier molecular flexibility index (Phi) is 4.97. The number of nitrogens with zero attached hydrogens (tertiary/aromatic N) is 3. The zero-order valence-corrected chi connectivity index (χ0v) is 14.0. The summed E-state index contributed by atoms with van der Waals surface area (Å²) in [5.41, 5.74) is 1.14. The Balaban J connectivity index is 1.66. The average molecular weight is 319 g/mol. The molecule has 0 aliphatic carbocycles. The first-order valence-electron chi connectivity index (χ1n) is 8.47. The largest absolute Gasteiger partial charge is 0.337 e. The van der Waals surface area contributed by atoms with Crippen LogP contribution in [0.15, 0.2) is 24.3 Å². The molecule has 23 heavy (non-hydrogen) atoms. The lowest BCUT2D eigenvalue weighted by Gasteiger charge is -2.40. The molecule has 0 saturated carbocycles. The maximum absolute atomic E-state index is 13.1. The molecule has 1 aromatic carbocycles. The van der Waals surface area contributed by atoms with E-state index in [0.717, 1.165) is 44.6 Å². The summed E-state index contributed by atoms with van der Waals surface area (Å²) in [5, 5.41) is 0. The van der Waals surface area contributed by atoms with Crippen molar-refractivity contribution in [1.82, 2.24) is 14.7 Å². The van der Waals surface area contributed by atoms with Crippen LogP contribution in [0.4, 0.5) is 4.39 Å². The quantitative estimate of drug-likeness (QED) is 0.830. The van der Waals surface area contributed by atoms with E-state index >= 15 is 0 Å². The van der Waals surface area contributed by atoms with Crippen molar-refractivity contribution in [2.45, 2.75) is 37.9 Å². The fraction of sp³-hybridized carbons (Fsp3) is 0.611. The Labute approximate surface area is 137 Å². The van der Waals surface area contributed by atoms with Crippen LogP contribution in [-0.4, -0.2) is 66.4 Å². The van der Waals surface area contributed by atoms with Gasteiger partial charge in [-0.1, -0.05) is 12.1 Å². The highest BCUT2D eigenvalue weighted by atomic mass is 19.1. The van der Waals surface area contributed by atoms with E-state index in [1.807, 2.05) is 26.2 Å². The molecular formula is C18H26FN3O. The van der Waals surface area contributed by atoms with Gasteiger partial charge in [-0.05, 0) is 44.6 Å². The zero-order chi connectivity index (χ0) is 16.4. The van der Waals surface area contributed by atoms with Crippen molar-refractivity contribution in [2.24, 2.45) is 0 Å². The number of benzene rings is 1. The maximum atomic E-state index is 13.1. The Bertz CT molecular complexity index is 546. The predicted molar refractivity (Wildman–Crippen MR) is 88.5 cm³/mol. The van der Waals surface area contributed by atoms with E-state index in [0.29, 0.717) is 24.4 Å². The van der Waals surface area contributed by atoms with Gasteiger partial charge >= 0.3 is 0 Å². The van der Waals surface area contributed by atoms with Crippen LogP contribution in [0.3, 0.4) is 0 Å². The third kappa shape index (κ3) is 3.72. The molecule has 2 aliphatic heterocycles. The lowest BCUT2D eigenvalue weighted by atomic mass is 9.96. The van der Waals surface area contributed by atoms with Gasteiger partial charge in [0, 0.05) is 44.7 Å². The van der Waals surface area contributed by atoms with Gasteiger partial charge in [-0.25, -0.2) is 4.39 Å². The van der Waals surface area contributed by atoms with Gasteiger partial charge in [-0.3, -0.25) is 9.69 Å². The SMILES string of the molecule is CN(C)CCN1C(=O)CC[C@@H]2[C@H]1CCN2Cc1ccc(F)cc1. The number of rotatable bonds is 5. The number of fused-ring (bicyclic) bond motifs is 1. The van der Waals surface area contributed by atoms with Gasteiger partial charge in [-0.2, -0.15) is 0 Å². The second-order valence-electron chi connectivity index (χ2n) is 6.95. The zero-order valence-electron chi connectivity index (χ0n) is 14.0. The first kappa shape index (κ1) is 16.4. The first-order chi connectivity index (χ1) is 11.0. The minimum absolute atomic E-state index is 0.189. The molecule has 1 amide bonds. The Morgan fingerprint density at radius 1 is 1.17 bits per heavy atom. The second-order valence-corrected chi connectivity index (χ2v) is 6.95. The van der Waals surface area contributed by atoms with Crippen LogP contribution in [0, 0.1) is 5.82 Å². The van der Waals surface area contributed by atoms with Gasteiger partial charge in [0.25, 0.3) is 0 Å². The Morgan fingerprint density at radius 2 is 1.91 bits per heavy atom. The van der Waals surface area contributed by atoms with Gasteiger partial charge in [-0.15, -0.1) is 0 Å². The monoisotopic (exact) mass is 319 g/mol. The van der Waals surface area contributed by atoms with Gasteiger partial charge in [0.2, 0.25) is 5.91 Å². The number of halogens is 1. The lowest BCUT2D eigenvalue weighted by Crippen LogP contribution is -2.53. The van der Waals surface area contributed by atoms with Crippen LogP contribution in [0.2, 0.25) is 0 Å². The second kappa shape index (κ2) is 6.97. The van der Waals surface area contributed by atoms with Gasteiger partial charge in [0.05, 0.1) is 0 Å². The third-order valence-corrected chi connectivity index (χ3v) is 5.09.